The number of fused-ring (bicyclic) bond motifs is 1. The lowest BCUT2D eigenvalue weighted by Crippen LogP contribution is -2.54. The van der Waals surface area contributed by atoms with Gasteiger partial charge in [-0.25, -0.2) is 0 Å². The summed E-state index contributed by atoms with van der Waals surface area (Å²) in [5, 5.41) is 21.1. The number of aliphatic hydroxyl groups excluding tert-OH is 1. The summed E-state index contributed by atoms with van der Waals surface area (Å²) < 4.78 is 0. The molecule has 2 saturated carbocycles. The minimum atomic E-state index is -0.369. The van der Waals surface area contributed by atoms with E-state index in [2.05, 4.69) is 11.8 Å². The minimum Gasteiger partial charge on any atom is -0.393 e. The van der Waals surface area contributed by atoms with Gasteiger partial charge in [0.05, 0.1) is 11.7 Å². The van der Waals surface area contributed by atoms with Crippen molar-refractivity contribution in [3.05, 3.63) is 0 Å². The van der Waals surface area contributed by atoms with Crippen molar-refractivity contribution in [1.82, 2.24) is 4.90 Å². The molecule has 3 rings (SSSR count). The predicted octanol–water partition coefficient (Wildman–Crippen LogP) is 2.80. The topological polar surface area (TPSA) is 43.7 Å². The van der Waals surface area contributed by atoms with Crippen molar-refractivity contribution in [2.45, 2.75) is 76.4 Å². The molecular formula is C18H33NO2. The highest BCUT2D eigenvalue weighted by atomic mass is 16.3. The molecule has 1 heterocycles. The molecule has 3 aliphatic rings. The van der Waals surface area contributed by atoms with E-state index in [0.717, 1.165) is 44.8 Å². The molecule has 0 bridgehead atoms. The van der Waals surface area contributed by atoms with Crippen LogP contribution in [-0.4, -0.2) is 46.5 Å². The Hall–Kier alpha value is -0.120. The molecule has 0 spiro atoms. The fourth-order valence-electron chi connectivity index (χ4n) is 5.05. The lowest BCUT2D eigenvalue weighted by Gasteiger charge is -2.48. The number of rotatable bonds is 3. The van der Waals surface area contributed by atoms with Crippen LogP contribution in [0.5, 0.6) is 0 Å². The molecule has 3 heteroatoms. The number of nitrogens with zero attached hydrogens (tertiary/aromatic N) is 1. The average molecular weight is 295 g/mol. The average Bonchev–Trinajstić information content (AvgIpc) is 2.49. The molecule has 0 aromatic carbocycles. The van der Waals surface area contributed by atoms with Crippen molar-refractivity contribution >= 4 is 0 Å². The maximum atomic E-state index is 10.8. The van der Waals surface area contributed by atoms with Gasteiger partial charge in [0.2, 0.25) is 0 Å². The third-order valence-electron chi connectivity index (χ3n) is 6.63. The van der Waals surface area contributed by atoms with Crippen molar-refractivity contribution in [1.29, 1.82) is 0 Å². The Kier molecular flexibility index (Phi) is 4.92. The summed E-state index contributed by atoms with van der Waals surface area (Å²) in [4.78, 5) is 2.54. The first-order valence-corrected chi connectivity index (χ1v) is 9.23. The second-order valence-electron chi connectivity index (χ2n) is 7.97. The maximum Gasteiger partial charge on any atom is 0.0700 e. The molecule has 0 radical (unpaired) electrons. The van der Waals surface area contributed by atoms with Gasteiger partial charge >= 0.3 is 0 Å². The Bertz CT molecular complexity index is 348. The first-order valence-electron chi connectivity index (χ1n) is 9.23. The van der Waals surface area contributed by atoms with E-state index in [-0.39, 0.29) is 11.7 Å². The van der Waals surface area contributed by atoms with Crippen LogP contribution in [0.25, 0.3) is 0 Å². The number of hydrogen-bond donors (Lipinski definition) is 2. The van der Waals surface area contributed by atoms with E-state index in [9.17, 15) is 10.2 Å². The molecule has 3 nitrogen and oxygen atoms in total. The largest absolute Gasteiger partial charge is 0.393 e. The second kappa shape index (κ2) is 6.55. The first kappa shape index (κ1) is 15.8. The van der Waals surface area contributed by atoms with Crippen LogP contribution in [0, 0.1) is 17.8 Å². The molecule has 3 fully saturated rings. The zero-order valence-corrected chi connectivity index (χ0v) is 13.6. The van der Waals surface area contributed by atoms with E-state index in [1.165, 1.54) is 38.5 Å². The van der Waals surface area contributed by atoms with Gasteiger partial charge in [-0.1, -0.05) is 26.2 Å². The van der Waals surface area contributed by atoms with Gasteiger partial charge < -0.3 is 15.1 Å². The van der Waals surface area contributed by atoms with Gasteiger partial charge in [0, 0.05) is 25.6 Å². The summed E-state index contributed by atoms with van der Waals surface area (Å²) in [5.41, 5.74) is -0.369. The summed E-state index contributed by atoms with van der Waals surface area (Å²) in [6.45, 7) is 5.40. The van der Waals surface area contributed by atoms with Crippen molar-refractivity contribution in [2.75, 3.05) is 19.6 Å². The molecule has 2 N–H and O–H groups in total. The van der Waals surface area contributed by atoms with Gasteiger partial charge in [0.25, 0.3) is 0 Å². The molecule has 0 amide bonds. The van der Waals surface area contributed by atoms with Crippen molar-refractivity contribution in [3.8, 4) is 0 Å². The van der Waals surface area contributed by atoms with Crippen LogP contribution in [0.1, 0.15) is 64.7 Å². The Morgan fingerprint density at radius 1 is 1.14 bits per heavy atom. The van der Waals surface area contributed by atoms with Crippen LogP contribution in [0.4, 0.5) is 0 Å². The van der Waals surface area contributed by atoms with Crippen molar-refractivity contribution in [2.24, 2.45) is 17.8 Å². The Morgan fingerprint density at radius 2 is 2.00 bits per heavy atom. The number of hydrogen-bond acceptors (Lipinski definition) is 3. The lowest BCUT2D eigenvalue weighted by molar-refractivity contribution is -0.101. The van der Waals surface area contributed by atoms with Crippen molar-refractivity contribution < 1.29 is 10.2 Å². The van der Waals surface area contributed by atoms with E-state index in [4.69, 9.17) is 0 Å². The molecule has 1 aliphatic heterocycles. The fourth-order valence-corrected chi connectivity index (χ4v) is 5.05. The van der Waals surface area contributed by atoms with Gasteiger partial charge in [-0.05, 0) is 50.4 Å². The van der Waals surface area contributed by atoms with Gasteiger partial charge in [-0.3, -0.25) is 0 Å². The standard InChI is InChI=1S/C18H33NO2/c1-2-14-6-7-17(20)15(11-14)12-19-10-9-18(21)8-4-3-5-16(18)13-19/h14-17,20-21H,2-13H2,1H3. The summed E-state index contributed by atoms with van der Waals surface area (Å²) in [6, 6.07) is 0. The molecule has 0 aromatic heterocycles. The van der Waals surface area contributed by atoms with E-state index in [1.807, 2.05) is 0 Å². The van der Waals surface area contributed by atoms with E-state index < -0.39 is 0 Å². The predicted molar refractivity (Wildman–Crippen MR) is 85.1 cm³/mol. The number of piperidine rings is 1. The summed E-state index contributed by atoms with van der Waals surface area (Å²) in [7, 11) is 0. The first-order chi connectivity index (χ1) is 10.1. The molecule has 2 aliphatic carbocycles. The van der Waals surface area contributed by atoms with Crippen LogP contribution in [0.15, 0.2) is 0 Å². The summed E-state index contributed by atoms with van der Waals surface area (Å²) in [5.74, 6) is 1.75. The van der Waals surface area contributed by atoms with Crippen LogP contribution in [-0.2, 0) is 0 Å². The van der Waals surface area contributed by atoms with Gasteiger partial charge in [0.15, 0.2) is 0 Å². The summed E-state index contributed by atoms with van der Waals surface area (Å²) >= 11 is 0. The monoisotopic (exact) mass is 295 g/mol. The fraction of sp³-hybridized carbons (Fsp3) is 1.00. The third-order valence-corrected chi connectivity index (χ3v) is 6.63. The quantitative estimate of drug-likeness (QED) is 0.841. The van der Waals surface area contributed by atoms with E-state index in [1.54, 1.807) is 0 Å². The smallest absolute Gasteiger partial charge is 0.0700 e. The highest BCUT2D eigenvalue weighted by Crippen LogP contribution is 2.40. The highest BCUT2D eigenvalue weighted by molar-refractivity contribution is 4.96. The molecular weight excluding hydrogens is 262 g/mol. The number of likely N-dealkylation sites (tertiary alicyclic amines) is 1. The van der Waals surface area contributed by atoms with Crippen LogP contribution >= 0.6 is 0 Å². The van der Waals surface area contributed by atoms with Crippen LogP contribution in [0.3, 0.4) is 0 Å². The van der Waals surface area contributed by atoms with Crippen molar-refractivity contribution in [3.63, 3.8) is 0 Å². The molecule has 0 aromatic rings. The van der Waals surface area contributed by atoms with Gasteiger partial charge in [-0.15, -0.1) is 0 Å². The van der Waals surface area contributed by atoms with E-state index in [0.29, 0.717) is 11.8 Å². The van der Waals surface area contributed by atoms with E-state index >= 15 is 0 Å². The lowest BCUT2D eigenvalue weighted by atomic mass is 9.71. The molecule has 1 saturated heterocycles. The summed E-state index contributed by atoms with van der Waals surface area (Å²) in [6.07, 6.45) is 10.2. The van der Waals surface area contributed by atoms with Gasteiger partial charge in [0.1, 0.15) is 0 Å². The zero-order chi connectivity index (χ0) is 14.9. The minimum absolute atomic E-state index is 0.0973. The second-order valence-corrected chi connectivity index (χ2v) is 7.97. The molecule has 21 heavy (non-hydrogen) atoms. The Morgan fingerprint density at radius 3 is 2.81 bits per heavy atom. The third kappa shape index (κ3) is 3.46. The Balaban J connectivity index is 1.56. The van der Waals surface area contributed by atoms with Crippen LogP contribution in [0.2, 0.25) is 0 Å². The molecule has 122 valence electrons. The zero-order valence-electron chi connectivity index (χ0n) is 13.6. The SMILES string of the molecule is CCC1CCC(O)C(CN2CCC3(O)CCCCC3C2)C1. The van der Waals surface area contributed by atoms with Crippen LogP contribution < -0.4 is 0 Å². The number of aliphatic hydroxyl groups is 2. The maximum absolute atomic E-state index is 10.8. The highest BCUT2D eigenvalue weighted by Gasteiger charge is 2.43. The Labute approximate surface area is 129 Å². The normalized spacial score (nSPS) is 45.3. The molecule has 5 atom stereocenters. The molecule has 5 unspecified atom stereocenters. The van der Waals surface area contributed by atoms with Gasteiger partial charge in [-0.2, -0.15) is 0 Å².